The Balaban J connectivity index is 1.94. The number of benzene rings is 1. The molecular weight excluding hydrogens is 262 g/mol. The van der Waals surface area contributed by atoms with Crippen LogP contribution in [-0.2, 0) is 4.79 Å². The largest absolute Gasteiger partial charge is 0.358 e. The summed E-state index contributed by atoms with van der Waals surface area (Å²) < 4.78 is 0. The van der Waals surface area contributed by atoms with Crippen molar-refractivity contribution in [2.45, 2.75) is 32.4 Å². The maximum absolute atomic E-state index is 11.6. The Morgan fingerprint density at radius 3 is 2.76 bits per heavy atom. The molecule has 1 aromatic carbocycles. The van der Waals surface area contributed by atoms with Crippen LogP contribution >= 0.6 is 0 Å². The second kappa shape index (κ2) is 7.57. The third kappa shape index (κ3) is 4.05. The molecule has 0 aliphatic carbocycles. The van der Waals surface area contributed by atoms with Gasteiger partial charge in [-0.15, -0.1) is 0 Å². The molecular formula is C17H27N3O. The zero-order chi connectivity index (χ0) is 15.2. The normalized spacial score (nSPS) is 20.7. The van der Waals surface area contributed by atoms with Crippen LogP contribution in [0.4, 0.5) is 0 Å². The number of nitrogens with zero attached hydrogens (tertiary/aromatic N) is 2. The highest BCUT2D eigenvalue weighted by molar-refractivity contribution is 5.77. The highest BCUT2D eigenvalue weighted by Gasteiger charge is 2.30. The lowest BCUT2D eigenvalue weighted by molar-refractivity contribution is -0.122. The van der Waals surface area contributed by atoms with E-state index < -0.39 is 0 Å². The zero-order valence-corrected chi connectivity index (χ0v) is 13.4. The SMILES string of the molecule is CCN(CC(=O)NC)C1CCN(C(C)c2ccccc2)C1. The van der Waals surface area contributed by atoms with E-state index in [2.05, 4.69) is 59.3 Å². The van der Waals surface area contributed by atoms with Gasteiger partial charge < -0.3 is 5.32 Å². The second-order valence-electron chi connectivity index (χ2n) is 5.76. The topological polar surface area (TPSA) is 35.6 Å². The quantitative estimate of drug-likeness (QED) is 0.868. The summed E-state index contributed by atoms with van der Waals surface area (Å²) in [5, 5.41) is 2.72. The van der Waals surface area contributed by atoms with Crippen molar-refractivity contribution in [1.29, 1.82) is 0 Å². The predicted molar refractivity (Wildman–Crippen MR) is 86.1 cm³/mol. The molecule has 4 heteroatoms. The molecule has 1 N–H and O–H groups in total. The molecule has 0 spiro atoms. The Labute approximate surface area is 128 Å². The van der Waals surface area contributed by atoms with Crippen molar-refractivity contribution in [3.05, 3.63) is 35.9 Å². The lowest BCUT2D eigenvalue weighted by atomic mass is 10.1. The molecule has 1 heterocycles. The van der Waals surface area contributed by atoms with Crippen LogP contribution in [0.5, 0.6) is 0 Å². The summed E-state index contributed by atoms with van der Waals surface area (Å²) in [5.41, 5.74) is 1.37. The highest BCUT2D eigenvalue weighted by atomic mass is 16.1. The van der Waals surface area contributed by atoms with Crippen molar-refractivity contribution < 1.29 is 4.79 Å². The summed E-state index contributed by atoms with van der Waals surface area (Å²) in [4.78, 5) is 16.4. The van der Waals surface area contributed by atoms with Crippen LogP contribution < -0.4 is 5.32 Å². The van der Waals surface area contributed by atoms with Gasteiger partial charge in [-0.2, -0.15) is 0 Å². The Morgan fingerprint density at radius 2 is 2.14 bits per heavy atom. The van der Waals surface area contributed by atoms with Crippen LogP contribution in [0.1, 0.15) is 31.9 Å². The molecule has 0 bridgehead atoms. The molecule has 1 aromatic rings. The van der Waals surface area contributed by atoms with Crippen molar-refractivity contribution in [3.8, 4) is 0 Å². The Morgan fingerprint density at radius 1 is 1.43 bits per heavy atom. The fourth-order valence-electron chi connectivity index (χ4n) is 3.12. The molecule has 1 aliphatic rings. The summed E-state index contributed by atoms with van der Waals surface area (Å²) in [6.07, 6.45) is 1.14. The molecule has 2 rings (SSSR count). The van der Waals surface area contributed by atoms with Gasteiger partial charge in [-0.3, -0.25) is 14.6 Å². The van der Waals surface area contributed by atoms with Crippen molar-refractivity contribution in [3.63, 3.8) is 0 Å². The first-order chi connectivity index (χ1) is 10.2. The fourth-order valence-corrected chi connectivity index (χ4v) is 3.12. The van der Waals surface area contributed by atoms with E-state index in [-0.39, 0.29) is 5.91 Å². The van der Waals surface area contributed by atoms with Gasteiger partial charge in [0.05, 0.1) is 6.54 Å². The van der Waals surface area contributed by atoms with Gasteiger partial charge in [0, 0.05) is 32.2 Å². The molecule has 1 fully saturated rings. The number of carbonyl (C=O) groups is 1. The highest BCUT2D eigenvalue weighted by Crippen LogP contribution is 2.26. The van der Waals surface area contributed by atoms with Crippen molar-refractivity contribution in [2.75, 3.05) is 33.2 Å². The predicted octanol–water partition coefficient (Wildman–Crippen LogP) is 1.89. The first-order valence-corrected chi connectivity index (χ1v) is 7.89. The molecule has 1 amide bonds. The monoisotopic (exact) mass is 289 g/mol. The van der Waals surface area contributed by atoms with E-state index >= 15 is 0 Å². The van der Waals surface area contributed by atoms with Crippen LogP contribution in [0, 0.1) is 0 Å². The first-order valence-electron chi connectivity index (χ1n) is 7.89. The third-order valence-electron chi connectivity index (χ3n) is 4.57. The second-order valence-corrected chi connectivity index (χ2v) is 5.76. The zero-order valence-electron chi connectivity index (χ0n) is 13.4. The minimum Gasteiger partial charge on any atom is -0.358 e. The maximum atomic E-state index is 11.6. The van der Waals surface area contributed by atoms with Gasteiger partial charge in [0.2, 0.25) is 5.91 Å². The van der Waals surface area contributed by atoms with Crippen LogP contribution in [0.15, 0.2) is 30.3 Å². The Hall–Kier alpha value is -1.39. The third-order valence-corrected chi connectivity index (χ3v) is 4.57. The van der Waals surface area contributed by atoms with Crippen LogP contribution in [0.25, 0.3) is 0 Å². The molecule has 0 radical (unpaired) electrons. The smallest absolute Gasteiger partial charge is 0.233 e. The lowest BCUT2D eigenvalue weighted by Gasteiger charge is -2.29. The van der Waals surface area contributed by atoms with Gasteiger partial charge in [0.25, 0.3) is 0 Å². The van der Waals surface area contributed by atoms with E-state index in [9.17, 15) is 4.79 Å². The van der Waals surface area contributed by atoms with Gasteiger partial charge in [0.1, 0.15) is 0 Å². The van der Waals surface area contributed by atoms with Crippen molar-refractivity contribution in [1.82, 2.24) is 15.1 Å². The van der Waals surface area contributed by atoms with Gasteiger partial charge in [-0.05, 0) is 25.5 Å². The number of rotatable bonds is 6. The molecule has 2 unspecified atom stereocenters. The van der Waals surface area contributed by atoms with Crippen LogP contribution in [0.3, 0.4) is 0 Å². The van der Waals surface area contributed by atoms with E-state index in [0.29, 0.717) is 18.6 Å². The first kappa shape index (κ1) is 16.0. The van der Waals surface area contributed by atoms with Crippen molar-refractivity contribution in [2.24, 2.45) is 0 Å². The minimum absolute atomic E-state index is 0.103. The number of carbonyl (C=O) groups excluding carboxylic acids is 1. The van der Waals surface area contributed by atoms with Gasteiger partial charge in [-0.1, -0.05) is 37.3 Å². The standard InChI is InChI=1S/C17H27N3O/c1-4-19(13-17(21)18-3)16-10-11-20(12-16)14(2)15-8-6-5-7-9-15/h5-9,14,16H,4,10-13H2,1-3H3,(H,18,21). The summed E-state index contributed by atoms with van der Waals surface area (Å²) in [6.45, 7) is 7.97. The number of hydrogen-bond acceptors (Lipinski definition) is 3. The number of nitrogens with one attached hydrogen (secondary N) is 1. The average molecular weight is 289 g/mol. The minimum atomic E-state index is 0.103. The van der Waals surface area contributed by atoms with Crippen LogP contribution in [-0.4, -0.2) is 55.0 Å². The van der Waals surface area contributed by atoms with E-state index in [1.165, 1.54) is 5.56 Å². The molecule has 1 saturated heterocycles. The molecule has 116 valence electrons. The van der Waals surface area contributed by atoms with Gasteiger partial charge in [0.15, 0.2) is 0 Å². The van der Waals surface area contributed by atoms with E-state index in [1.54, 1.807) is 7.05 Å². The number of likely N-dealkylation sites (tertiary alicyclic amines) is 1. The maximum Gasteiger partial charge on any atom is 0.233 e. The molecule has 2 atom stereocenters. The Bertz CT molecular complexity index is 449. The molecule has 21 heavy (non-hydrogen) atoms. The molecule has 0 aromatic heterocycles. The molecule has 0 saturated carbocycles. The van der Waals surface area contributed by atoms with Gasteiger partial charge in [-0.25, -0.2) is 0 Å². The van der Waals surface area contributed by atoms with Gasteiger partial charge >= 0.3 is 0 Å². The molecule has 1 aliphatic heterocycles. The summed E-state index contributed by atoms with van der Waals surface area (Å²) in [5.74, 6) is 0.103. The van der Waals surface area contributed by atoms with E-state index in [1.807, 2.05) is 0 Å². The Kier molecular flexibility index (Phi) is 5.76. The average Bonchev–Trinajstić information content (AvgIpc) is 3.02. The van der Waals surface area contributed by atoms with Crippen LogP contribution in [0.2, 0.25) is 0 Å². The summed E-state index contributed by atoms with van der Waals surface area (Å²) >= 11 is 0. The molecule has 4 nitrogen and oxygen atoms in total. The number of hydrogen-bond donors (Lipinski definition) is 1. The summed E-state index contributed by atoms with van der Waals surface area (Å²) in [7, 11) is 1.70. The van der Waals surface area contributed by atoms with E-state index in [4.69, 9.17) is 0 Å². The lowest BCUT2D eigenvalue weighted by Crippen LogP contribution is -2.43. The van der Waals surface area contributed by atoms with Crippen molar-refractivity contribution >= 4 is 5.91 Å². The number of likely N-dealkylation sites (N-methyl/N-ethyl adjacent to an activating group) is 2. The number of amides is 1. The fraction of sp³-hybridized carbons (Fsp3) is 0.588. The van der Waals surface area contributed by atoms with E-state index in [0.717, 1.165) is 26.1 Å². The summed E-state index contributed by atoms with van der Waals surface area (Å²) in [6, 6.07) is 11.6.